The van der Waals surface area contributed by atoms with Gasteiger partial charge in [0.05, 0.1) is 19.3 Å². The van der Waals surface area contributed by atoms with Gasteiger partial charge in [0.15, 0.2) is 0 Å². The van der Waals surface area contributed by atoms with Crippen LogP contribution < -0.4 is 10.1 Å². The van der Waals surface area contributed by atoms with Crippen LogP contribution in [-0.2, 0) is 11.3 Å². The quantitative estimate of drug-likeness (QED) is 0.778. The first-order valence-electron chi connectivity index (χ1n) is 8.02. The molecule has 2 aromatic carbocycles. The van der Waals surface area contributed by atoms with E-state index in [1.54, 1.807) is 25.3 Å². The van der Waals surface area contributed by atoms with Gasteiger partial charge in [0.2, 0.25) is 5.91 Å². The highest BCUT2D eigenvalue weighted by Crippen LogP contribution is 2.27. The van der Waals surface area contributed by atoms with E-state index in [0.717, 1.165) is 19.5 Å². The Morgan fingerprint density at radius 2 is 1.96 bits per heavy atom. The first-order valence-corrected chi connectivity index (χ1v) is 8.40. The highest BCUT2D eigenvalue weighted by molar-refractivity contribution is 6.31. The fourth-order valence-electron chi connectivity index (χ4n) is 2.54. The monoisotopic (exact) mass is 346 g/mol. The number of hydrogen-bond donors (Lipinski definition) is 1. The summed E-state index contributed by atoms with van der Waals surface area (Å²) in [6.45, 7) is 4.03. The highest BCUT2D eigenvalue weighted by Gasteiger charge is 2.13. The highest BCUT2D eigenvalue weighted by atomic mass is 35.5. The molecule has 0 aliphatic rings. The summed E-state index contributed by atoms with van der Waals surface area (Å²) < 4.78 is 5.26. The summed E-state index contributed by atoms with van der Waals surface area (Å²) in [4.78, 5) is 14.5. The van der Waals surface area contributed by atoms with Gasteiger partial charge in [-0.25, -0.2) is 0 Å². The maximum atomic E-state index is 12.4. The molecule has 0 saturated carbocycles. The topological polar surface area (TPSA) is 41.6 Å². The molecule has 0 spiro atoms. The van der Waals surface area contributed by atoms with Gasteiger partial charge in [0.25, 0.3) is 0 Å². The molecule has 2 aromatic rings. The zero-order valence-electron chi connectivity index (χ0n) is 14.1. The van der Waals surface area contributed by atoms with E-state index in [2.05, 4.69) is 29.3 Å². The molecule has 0 heterocycles. The second-order valence-electron chi connectivity index (χ2n) is 5.59. The van der Waals surface area contributed by atoms with Crippen molar-refractivity contribution in [3.05, 3.63) is 59.1 Å². The minimum Gasteiger partial charge on any atom is -0.495 e. The minimum atomic E-state index is -0.0834. The zero-order chi connectivity index (χ0) is 17.4. The Hall–Kier alpha value is -2.04. The maximum absolute atomic E-state index is 12.4. The molecule has 1 amide bonds. The molecule has 2 rings (SSSR count). The number of benzene rings is 2. The van der Waals surface area contributed by atoms with Crippen molar-refractivity contribution < 1.29 is 9.53 Å². The van der Waals surface area contributed by atoms with Gasteiger partial charge in [-0.15, -0.1) is 0 Å². The molecule has 0 bridgehead atoms. The molecule has 5 heteroatoms. The van der Waals surface area contributed by atoms with E-state index in [4.69, 9.17) is 16.3 Å². The van der Waals surface area contributed by atoms with Crippen LogP contribution in [0, 0.1) is 0 Å². The molecule has 0 unspecified atom stereocenters. The lowest BCUT2D eigenvalue weighted by Crippen LogP contribution is -2.33. The van der Waals surface area contributed by atoms with E-state index < -0.39 is 0 Å². The van der Waals surface area contributed by atoms with Gasteiger partial charge in [-0.05, 0) is 36.7 Å². The van der Waals surface area contributed by atoms with Crippen LogP contribution in [0.25, 0.3) is 0 Å². The number of nitrogens with one attached hydrogen (secondary N) is 1. The molecule has 0 aromatic heterocycles. The fourth-order valence-corrected chi connectivity index (χ4v) is 2.71. The maximum Gasteiger partial charge on any atom is 0.238 e. The van der Waals surface area contributed by atoms with Gasteiger partial charge in [0.1, 0.15) is 5.75 Å². The number of ether oxygens (including phenoxy) is 1. The number of rotatable bonds is 8. The van der Waals surface area contributed by atoms with Gasteiger partial charge in [0, 0.05) is 11.6 Å². The molecule has 0 aliphatic carbocycles. The predicted octanol–water partition coefficient (Wildman–Crippen LogP) is 4.20. The second kappa shape index (κ2) is 9.30. The third kappa shape index (κ3) is 5.55. The average molecular weight is 347 g/mol. The van der Waals surface area contributed by atoms with Gasteiger partial charge in [-0.1, -0.05) is 48.9 Å². The van der Waals surface area contributed by atoms with Crippen LogP contribution in [0.2, 0.25) is 5.02 Å². The van der Waals surface area contributed by atoms with Gasteiger partial charge < -0.3 is 10.1 Å². The first kappa shape index (κ1) is 18.3. The number of amides is 1. The van der Waals surface area contributed by atoms with Crippen LogP contribution >= 0.6 is 11.6 Å². The number of hydrogen-bond acceptors (Lipinski definition) is 3. The van der Waals surface area contributed by atoms with Crippen molar-refractivity contribution >= 4 is 23.2 Å². The molecular weight excluding hydrogens is 324 g/mol. The lowest BCUT2D eigenvalue weighted by molar-refractivity contribution is -0.117. The lowest BCUT2D eigenvalue weighted by atomic mass is 10.2. The molecular formula is C19H23ClN2O2. The van der Waals surface area contributed by atoms with E-state index in [0.29, 0.717) is 23.0 Å². The Bertz CT molecular complexity index is 662. The van der Waals surface area contributed by atoms with Crippen LogP contribution in [0.4, 0.5) is 5.69 Å². The number of methoxy groups -OCH3 is 1. The van der Waals surface area contributed by atoms with Crippen LogP contribution in [-0.4, -0.2) is 31.0 Å². The molecule has 0 fully saturated rings. The molecule has 0 saturated heterocycles. The summed E-state index contributed by atoms with van der Waals surface area (Å²) >= 11 is 6.00. The van der Waals surface area contributed by atoms with Crippen molar-refractivity contribution in [2.75, 3.05) is 25.5 Å². The summed E-state index contributed by atoms with van der Waals surface area (Å²) in [6, 6.07) is 15.3. The second-order valence-corrected chi connectivity index (χ2v) is 6.03. The molecule has 0 atom stereocenters. The molecule has 1 N–H and O–H groups in total. The molecule has 128 valence electrons. The minimum absolute atomic E-state index is 0.0834. The van der Waals surface area contributed by atoms with Gasteiger partial charge in [-0.2, -0.15) is 0 Å². The Kier molecular flexibility index (Phi) is 7.09. The van der Waals surface area contributed by atoms with Crippen LogP contribution in [0.3, 0.4) is 0 Å². The number of halogens is 1. The Morgan fingerprint density at radius 3 is 2.62 bits per heavy atom. The van der Waals surface area contributed by atoms with Gasteiger partial charge >= 0.3 is 0 Å². The molecule has 4 nitrogen and oxygen atoms in total. The van der Waals surface area contributed by atoms with Crippen molar-refractivity contribution in [3.8, 4) is 5.75 Å². The molecule has 0 aliphatic heterocycles. The number of nitrogens with zero attached hydrogens (tertiary/aromatic N) is 1. The summed E-state index contributed by atoms with van der Waals surface area (Å²) in [5.74, 6) is 0.512. The van der Waals surface area contributed by atoms with Crippen molar-refractivity contribution in [3.63, 3.8) is 0 Å². The normalized spacial score (nSPS) is 10.7. The summed E-state index contributed by atoms with van der Waals surface area (Å²) in [5.41, 5.74) is 1.78. The average Bonchev–Trinajstić information content (AvgIpc) is 2.56. The predicted molar refractivity (Wildman–Crippen MR) is 98.6 cm³/mol. The molecule has 0 radical (unpaired) electrons. The smallest absolute Gasteiger partial charge is 0.238 e. The SMILES string of the molecule is CCCN(CC(=O)Nc1cc(Cl)ccc1OC)Cc1ccccc1. The third-order valence-electron chi connectivity index (χ3n) is 3.59. The van der Waals surface area contributed by atoms with E-state index >= 15 is 0 Å². The standard InChI is InChI=1S/C19H23ClN2O2/c1-3-11-22(13-15-7-5-4-6-8-15)14-19(23)21-17-12-16(20)9-10-18(17)24-2/h4-10,12H,3,11,13-14H2,1-2H3,(H,21,23). The van der Waals surface area contributed by atoms with Crippen LogP contribution in [0.1, 0.15) is 18.9 Å². The van der Waals surface area contributed by atoms with Crippen molar-refractivity contribution in [1.82, 2.24) is 4.90 Å². The largest absolute Gasteiger partial charge is 0.495 e. The lowest BCUT2D eigenvalue weighted by Gasteiger charge is -2.21. The summed E-state index contributed by atoms with van der Waals surface area (Å²) in [5, 5.41) is 3.44. The fraction of sp³-hybridized carbons (Fsp3) is 0.316. The Labute approximate surface area is 148 Å². The number of anilines is 1. The van der Waals surface area contributed by atoms with E-state index in [1.165, 1.54) is 5.56 Å². The Morgan fingerprint density at radius 1 is 1.21 bits per heavy atom. The van der Waals surface area contributed by atoms with E-state index in [1.807, 2.05) is 18.2 Å². The molecule has 24 heavy (non-hydrogen) atoms. The number of carbonyl (C=O) groups is 1. The van der Waals surface area contributed by atoms with E-state index in [9.17, 15) is 4.79 Å². The van der Waals surface area contributed by atoms with Crippen molar-refractivity contribution in [2.45, 2.75) is 19.9 Å². The third-order valence-corrected chi connectivity index (χ3v) is 3.83. The summed E-state index contributed by atoms with van der Waals surface area (Å²) in [7, 11) is 1.57. The van der Waals surface area contributed by atoms with Gasteiger partial charge in [-0.3, -0.25) is 9.69 Å². The van der Waals surface area contributed by atoms with Crippen molar-refractivity contribution in [1.29, 1.82) is 0 Å². The van der Waals surface area contributed by atoms with E-state index in [-0.39, 0.29) is 5.91 Å². The Balaban J connectivity index is 2.01. The number of carbonyl (C=O) groups excluding carboxylic acids is 1. The first-order chi connectivity index (χ1) is 11.6. The summed E-state index contributed by atoms with van der Waals surface area (Å²) in [6.07, 6.45) is 0.987. The van der Waals surface area contributed by atoms with Crippen molar-refractivity contribution in [2.24, 2.45) is 0 Å². The van der Waals surface area contributed by atoms with Crippen LogP contribution in [0.5, 0.6) is 5.75 Å². The zero-order valence-corrected chi connectivity index (χ0v) is 14.8. The van der Waals surface area contributed by atoms with Crippen LogP contribution in [0.15, 0.2) is 48.5 Å².